The van der Waals surface area contributed by atoms with E-state index in [9.17, 15) is 0 Å². The highest BCUT2D eigenvalue weighted by Gasteiger charge is 2.36. The monoisotopic (exact) mass is 395 g/mol. The molecular weight excluding hydrogens is 370 g/mol. The van der Waals surface area contributed by atoms with Gasteiger partial charge in [-0.1, -0.05) is 19.9 Å². The molecule has 0 spiro atoms. The number of nitrogens with zero attached hydrogens (tertiary/aromatic N) is 3. The van der Waals surface area contributed by atoms with Crippen LogP contribution < -0.4 is 0 Å². The molecular formula is C22H25N3S2. The number of fused-ring (bicyclic) bond motifs is 1. The second kappa shape index (κ2) is 7.28. The minimum absolute atomic E-state index is 0.0286. The third-order valence-corrected chi connectivity index (χ3v) is 7.63. The maximum Gasteiger partial charge on any atom is 0.134 e. The Balaban J connectivity index is 1.76. The summed E-state index contributed by atoms with van der Waals surface area (Å²) in [4.78, 5) is 17.3. The second-order valence-electron chi connectivity index (χ2n) is 7.19. The largest absolute Gasteiger partial charge is 0.275 e. The van der Waals surface area contributed by atoms with Crippen molar-refractivity contribution in [1.82, 2.24) is 4.98 Å². The maximum atomic E-state index is 5.02. The molecule has 0 aromatic carbocycles. The molecule has 0 bridgehead atoms. The molecule has 0 amide bonds. The molecule has 1 atom stereocenters. The van der Waals surface area contributed by atoms with E-state index in [1.54, 1.807) is 22.7 Å². The van der Waals surface area contributed by atoms with E-state index in [1.165, 1.54) is 20.9 Å². The molecule has 0 radical (unpaired) electrons. The van der Waals surface area contributed by atoms with Crippen molar-refractivity contribution in [3.63, 3.8) is 0 Å². The molecule has 1 unspecified atom stereocenters. The summed E-state index contributed by atoms with van der Waals surface area (Å²) in [6.07, 6.45) is 4.52. The van der Waals surface area contributed by atoms with Crippen molar-refractivity contribution in [2.45, 2.75) is 53.5 Å². The Hall–Kier alpha value is -1.85. The number of aliphatic imine (C=N–C) groups is 2. The molecule has 140 valence electrons. The van der Waals surface area contributed by atoms with E-state index in [0.29, 0.717) is 5.92 Å². The van der Waals surface area contributed by atoms with Gasteiger partial charge in [0.25, 0.3) is 0 Å². The van der Waals surface area contributed by atoms with Crippen molar-refractivity contribution in [2.24, 2.45) is 15.9 Å². The first-order valence-electron chi connectivity index (χ1n) is 9.60. The van der Waals surface area contributed by atoms with Crippen molar-refractivity contribution >= 4 is 39.7 Å². The number of hydrogen-bond donors (Lipinski definition) is 0. The average Bonchev–Trinajstić information content (AvgIpc) is 3.35. The molecule has 0 aliphatic carbocycles. The molecule has 2 aliphatic rings. The van der Waals surface area contributed by atoms with Crippen molar-refractivity contribution < 1.29 is 0 Å². The minimum atomic E-state index is 0.0286. The Morgan fingerprint density at radius 1 is 1.15 bits per heavy atom. The molecule has 0 saturated carbocycles. The van der Waals surface area contributed by atoms with Gasteiger partial charge in [-0.25, -0.2) is 4.98 Å². The number of dihydropyridines is 1. The van der Waals surface area contributed by atoms with Crippen molar-refractivity contribution in [2.75, 3.05) is 0 Å². The standard InChI is InChI=1S/C22H25N3S2/c1-6-15(7-2)16-11-12(3)23-20-18(13(4)24-19(16)20)21-14(5)25-22(27-21)17-9-8-10-26-17/h8-11,15,20H,6-7H2,1-5H3. The predicted octanol–water partition coefficient (Wildman–Crippen LogP) is 6.57. The van der Waals surface area contributed by atoms with Gasteiger partial charge in [-0.3, -0.25) is 9.98 Å². The lowest BCUT2D eigenvalue weighted by atomic mass is 9.83. The van der Waals surface area contributed by atoms with Gasteiger partial charge in [-0.2, -0.15) is 0 Å². The first-order valence-corrected chi connectivity index (χ1v) is 11.3. The summed E-state index contributed by atoms with van der Waals surface area (Å²) in [7, 11) is 0. The van der Waals surface area contributed by atoms with Crippen LogP contribution in [0.25, 0.3) is 15.5 Å². The number of hydrogen-bond acceptors (Lipinski definition) is 5. The lowest BCUT2D eigenvalue weighted by molar-refractivity contribution is 0.587. The fraction of sp³-hybridized carbons (Fsp3) is 0.409. The van der Waals surface area contributed by atoms with Crippen LogP contribution in [0.15, 0.2) is 44.8 Å². The Kier molecular flexibility index (Phi) is 4.99. The van der Waals surface area contributed by atoms with Gasteiger partial charge in [0.15, 0.2) is 0 Å². The van der Waals surface area contributed by atoms with Gasteiger partial charge in [0.1, 0.15) is 11.0 Å². The van der Waals surface area contributed by atoms with E-state index in [2.05, 4.69) is 58.2 Å². The Morgan fingerprint density at radius 3 is 2.59 bits per heavy atom. The highest BCUT2D eigenvalue weighted by molar-refractivity contribution is 7.21. The fourth-order valence-electron chi connectivity index (χ4n) is 4.02. The van der Waals surface area contributed by atoms with Gasteiger partial charge < -0.3 is 0 Å². The molecule has 0 fully saturated rings. The van der Waals surface area contributed by atoms with Gasteiger partial charge in [-0.05, 0) is 62.6 Å². The number of thiazole rings is 1. The van der Waals surface area contributed by atoms with Crippen LogP contribution in [0.5, 0.6) is 0 Å². The molecule has 3 nitrogen and oxygen atoms in total. The summed E-state index contributed by atoms with van der Waals surface area (Å²) in [5.74, 6) is 0.549. The molecule has 0 saturated heterocycles. The minimum Gasteiger partial charge on any atom is -0.275 e. The van der Waals surface area contributed by atoms with Crippen LogP contribution in [0.3, 0.4) is 0 Å². The van der Waals surface area contributed by atoms with Crippen LogP contribution in [0.2, 0.25) is 0 Å². The highest BCUT2D eigenvalue weighted by atomic mass is 32.1. The van der Waals surface area contributed by atoms with Crippen LogP contribution in [0.1, 0.15) is 51.1 Å². The van der Waals surface area contributed by atoms with Gasteiger partial charge in [-0.15, -0.1) is 22.7 Å². The van der Waals surface area contributed by atoms with Crippen LogP contribution in [0, 0.1) is 12.8 Å². The molecule has 2 aliphatic heterocycles. The van der Waals surface area contributed by atoms with E-state index < -0.39 is 0 Å². The topological polar surface area (TPSA) is 37.6 Å². The quantitative estimate of drug-likeness (QED) is 0.564. The number of rotatable bonds is 5. The number of thiophene rings is 1. The number of aromatic nitrogens is 1. The van der Waals surface area contributed by atoms with Crippen molar-refractivity contribution in [1.29, 1.82) is 0 Å². The number of aryl methyl sites for hydroxylation is 1. The summed E-state index contributed by atoms with van der Waals surface area (Å²) in [5, 5.41) is 3.20. The lowest BCUT2D eigenvalue weighted by Crippen LogP contribution is -2.28. The summed E-state index contributed by atoms with van der Waals surface area (Å²) in [6, 6.07) is 4.25. The van der Waals surface area contributed by atoms with E-state index in [0.717, 1.165) is 40.7 Å². The molecule has 2 aromatic rings. The van der Waals surface area contributed by atoms with E-state index in [-0.39, 0.29) is 6.04 Å². The molecule has 5 heteroatoms. The Labute approximate surface area is 169 Å². The van der Waals surface area contributed by atoms with Crippen LogP contribution in [-0.2, 0) is 0 Å². The third-order valence-electron chi connectivity index (χ3n) is 5.40. The third kappa shape index (κ3) is 3.17. The maximum absolute atomic E-state index is 5.02. The van der Waals surface area contributed by atoms with Gasteiger partial charge >= 0.3 is 0 Å². The Bertz CT molecular complexity index is 983. The normalized spacial score (nSPS) is 19.3. The molecule has 4 heterocycles. The lowest BCUT2D eigenvalue weighted by Gasteiger charge is -2.25. The fourth-order valence-corrected chi connectivity index (χ4v) is 6.00. The van der Waals surface area contributed by atoms with Gasteiger partial charge in [0.2, 0.25) is 0 Å². The zero-order chi connectivity index (χ0) is 19.1. The van der Waals surface area contributed by atoms with Crippen LogP contribution >= 0.6 is 22.7 Å². The van der Waals surface area contributed by atoms with E-state index in [4.69, 9.17) is 15.0 Å². The SMILES string of the molecule is CCC(CC)C1=CC(C)=NC2C1=NC(C)=C2c1sc(-c2cccs2)nc1C. The molecule has 27 heavy (non-hydrogen) atoms. The van der Waals surface area contributed by atoms with Crippen molar-refractivity contribution in [3.8, 4) is 9.88 Å². The smallest absolute Gasteiger partial charge is 0.134 e. The van der Waals surface area contributed by atoms with Crippen LogP contribution in [0.4, 0.5) is 0 Å². The summed E-state index contributed by atoms with van der Waals surface area (Å²) < 4.78 is 0. The molecule has 4 rings (SSSR count). The summed E-state index contributed by atoms with van der Waals surface area (Å²) in [6.45, 7) is 10.9. The summed E-state index contributed by atoms with van der Waals surface area (Å²) >= 11 is 3.52. The van der Waals surface area contributed by atoms with E-state index >= 15 is 0 Å². The second-order valence-corrected chi connectivity index (χ2v) is 9.14. The first kappa shape index (κ1) is 18.5. The van der Waals surface area contributed by atoms with E-state index in [1.807, 2.05) is 0 Å². The zero-order valence-electron chi connectivity index (χ0n) is 16.5. The summed E-state index contributed by atoms with van der Waals surface area (Å²) in [5.41, 5.74) is 7.07. The van der Waals surface area contributed by atoms with Gasteiger partial charge in [0, 0.05) is 17.0 Å². The molecule has 0 N–H and O–H groups in total. The first-order chi connectivity index (χ1) is 13.0. The zero-order valence-corrected chi connectivity index (χ0v) is 18.2. The average molecular weight is 396 g/mol. The Morgan fingerprint density at radius 2 is 1.93 bits per heavy atom. The number of allylic oxidation sites excluding steroid dienone is 2. The molecule has 2 aromatic heterocycles. The predicted molar refractivity (Wildman–Crippen MR) is 119 cm³/mol. The van der Waals surface area contributed by atoms with Crippen LogP contribution in [-0.4, -0.2) is 22.4 Å². The highest BCUT2D eigenvalue weighted by Crippen LogP contribution is 2.43. The van der Waals surface area contributed by atoms with Gasteiger partial charge in [0.05, 0.1) is 21.2 Å². The van der Waals surface area contributed by atoms with Crippen molar-refractivity contribution in [3.05, 3.63) is 45.4 Å².